The predicted molar refractivity (Wildman–Crippen MR) is 325 cm³/mol. The maximum absolute atomic E-state index is 12.8. The standard InChI is InChI=1S/C64H84N6O15S/c1-6-7-37-69-52-25-14-13-23-48(52)63(2,3)54(69)32-27-44-19-18-20-45(59(44)85-46-21-10-8-11-22-46)28-33-55-64(4,5)49-42-47(86(80,81)82)29-31-53(49)70(55)38-17-9-12-26-56(71)66-36-39-83-40-41-84-43-57(72)65-35-16-15-24-50(60(75)76)67-62(79)68-51(61(77)78)30-34-58(73)74/h8,10-11,13-14,21-23,25,27-29,31-33,42,50-51H,6-7,9,12,15-20,24,26,30,34-41,43H2,1-5H3,(H7-,65,66,67,68,71,72,73,74,75,76,77,78,79,80,81,82)/p+1. The van der Waals surface area contributed by atoms with Gasteiger partial charge >= 0.3 is 23.9 Å². The van der Waals surface area contributed by atoms with Crippen LogP contribution < -0.4 is 30.9 Å². The lowest BCUT2D eigenvalue weighted by atomic mass is 9.81. The van der Waals surface area contributed by atoms with Gasteiger partial charge in [0.25, 0.3) is 10.1 Å². The summed E-state index contributed by atoms with van der Waals surface area (Å²) in [6, 6.07) is 19.3. The molecule has 0 saturated carbocycles. The number of carbonyl (C=O) groups is 6. The average molecular weight is 1210 g/mol. The zero-order valence-electron chi connectivity index (χ0n) is 50.0. The van der Waals surface area contributed by atoms with E-state index >= 15 is 0 Å². The number of anilines is 1. The molecule has 0 radical (unpaired) electrons. The van der Waals surface area contributed by atoms with Gasteiger partial charge in [-0.3, -0.25) is 18.9 Å². The highest BCUT2D eigenvalue weighted by molar-refractivity contribution is 7.85. The molecule has 3 aliphatic rings. The van der Waals surface area contributed by atoms with Crippen molar-refractivity contribution in [1.29, 1.82) is 0 Å². The lowest BCUT2D eigenvalue weighted by Crippen LogP contribution is -2.51. The number of allylic oxidation sites excluding steroid dienone is 7. The Labute approximate surface area is 504 Å². The third-order valence-electron chi connectivity index (χ3n) is 15.6. The SMILES string of the molecule is CCCC[N+]1=C(C=CC2=C(Oc3ccccc3)C(=CC=C3N(CCCCCC(=O)NCCOCCOCC(=O)NCCCCC(NC(=O)NC(CCC(=O)O)C(=O)O)C(=O)O)c4ccc(S(=O)(=O)O)cc4C3(C)C)CCC2)C(C)(C)c2ccccc21. The number of hydrogen-bond acceptors (Lipinski definition) is 12. The summed E-state index contributed by atoms with van der Waals surface area (Å²) in [5, 5.41) is 37.3. The van der Waals surface area contributed by atoms with Gasteiger partial charge in [-0.1, -0.05) is 76.1 Å². The van der Waals surface area contributed by atoms with Crippen molar-refractivity contribution in [3.63, 3.8) is 0 Å². The number of rotatable bonds is 35. The van der Waals surface area contributed by atoms with Crippen LogP contribution in [0.2, 0.25) is 0 Å². The van der Waals surface area contributed by atoms with Crippen LogP contribution in [-0.2, 0) is 54.4 Å². The van der Waals surface area contributed by atoms with Gasteiger partial charge in [0.2, 0.25) is 17.5 Å². The third-order valence-corrected chi connectivity index (χ3v) is 16.4. The number of aliphatic carboxylic acids is 3. The van der Waals surface area contributed by atoms with Crippen molar-refractivity contribution >= 4 is 63.0 Å². The molecule has 0 bridgehead atoms. The van der Waals surface area contributed by atoms with Gasteiger partial charge in [-0.05, 0) is 131 Å². The lowest BCUT2D eigenvalue weighted by molar-refractivity contribution is -0.438. The minimum Gasteiger partial charge on any atom is -0.481 e. The van der Waals surface area contributed by atoms with Crippen LogP contribution in [0.5, 0.6) is 5.75 Å². The van der Waals surface area contributed by atoms with E-state index in [4.69, 9.17) is 19.3 Å². The number of fused-ring (bicyclic) bond motifs is 2. The zero-order valence-corrected chi connectivity index (χ0v) is 50.8. The summed E-state index contributed by atoms with van der Waals surface area (Å²) in [5.74, 6) is -3.03. The summed E-state index contributed by atoms with van der Waals surface area (Å²) in [6.45, 7) is 13.2. The summed E-state index contributed by atoms with van der Waals surface area (Å²) in [4.78, 5) is 73.1. The maximum atomic E-state index is 12.8. The van der Waals surface area contributed by atoms with Crippen molar-refractivity contribution in [3.05, 3.63) is 131 Å². The first-order valence-corrected chi connectivity index (χ1v) is 31.1. The smallest absolute Gasteiger partial charge is 0.326 e. The van der Waals surface area contributed by atoms with Crippen LogP contribution in [0, 0.1) is 0 Å². The maximum Gasteiger partial charge on any atom is 0.326 e. The lowest BCUT2D eigenvalue weighted by Gasteiger charge is -2.27. The monoisotopic (exact) mass is 1210 g/mol. The first-order valence-electron chi connectivity index (χ1n) is 29.7. The zero-order chi connectivity index (χ0) is 62.4. The topological polar surface area (TPSA) is 300 Å². The third kappa shape index (κ3) is 19.2. The first kappa shape index (κ1) is 67.5. The van der Waals surface area contributed by atoms with E-state index in [0.29, 0.717) is 32.2 Å². The van der Waals surface area contributed by atoms with Crippen LogP contribution in [0.4, 0.5) is 16.2 Å². The number of para-hydroxylation sites is 2. The molecule has 22 heteroatoms. The van der Waals surface area contributed by atoms with Crippen molar-refractivity contribution in [2.45, 2.75) is 152 Å². The van der Waals surface area contributed by atoms with E-state index in [-0.39, 0.29) is 68.6 Å². The summed E-state index contributed by atoms with van der Waals surface area (Å²) in [6.07, 6.45) is 15.7. The average Bonchev–Trinajstić information content (AvgIpc) is 4.06. The summed E-state index contributed by atoms with van der Waals surface area (Å²) in [5.41, 5.74) is 7.68. The van der Waals surface area contributed by atoms with Crippen molar-refractivity contribution in [2.24, 2.45) is 0 Å². The molecule has 0 saturated heterocycles. The number of hydrogen-bond donors (Lipinski definition) is 8. The fourth-order valence-electron chi connectivity index (χ4n) is 10.9. The van der Waals surface area contributed by atoms with Crippen LogP contribution in [0.3, 0.4) is 0 Å². The number of nitrogens with one attached hydrogen (secondary N) is 4. The van der Waals surface area contributed by atoms with Crippen LogP contribution in [-0.4, -0.2) is 139 Å². The number of benzene rings is 3. The second-order valence-corrected chi connectivity index (χ2v) is 24.1. The molecule has 6 rings (SSSR count). The quantitative estimate of drug-likeness (QED) is 0.0155. The van der Waals surface area contributed by atoms with Crippen LogP contribution in [0.15, 0.2) is 125 Å². The van der Waals surface area contributed by atoms with Gasteiger partial charge < -0.3 is 55.7 Å². The number of urea groups is 1. The molecular weight excluding hydrogens is 1120 g/mol. The predicted octanol–water partition coefficient (Wildman–Crippen LogP) is 8.86. The molecule has 0 fully saturated rings. The summed E-state index contributed by atoms with van der Waals surface area (Å²) >= 11 is 0. The number of amides is 4. The molecule has 466 valence electrons. The minimum absolute atomic E-state index is 0.0127. The Bertz CT molecular complexity index is 3170. The van der Waals surface area contributed by atoms with Crippen LogP contribution in [0.25, 0.3) is 0 Å². The molecule has 0 aromatic heterocycles. The molecular formula is C64H85N6O15S+. The van der Waals surface area contributed by atoms with Gasteiger partial charge in [0.15, 0.2) is 5.71 Å². The molecule has 0 spiro atoms. The molecule has 8 N–H and O–H groups in total. The summed E-state index contributed by atoms with van der Waals surface area (Å²) in [7, 11) is -4.47. The molecule has 86 heavy (non-hydrogen) atoms. The number of nitrogens with zero attached hydrogens (tertiary/aromatic N) is 2. The molecule has 2 unspecified atom stereocenters. The fraction of sp³-hybridized carbons (Fsp3) is 0.484. The minimum atomic E-state index is -4.47. The Kier molecular flexibility index (Phi) is 25.2. The molecule has 21 nitrogen and oxygen atoms in total. The number of unbranched alkanes of at least 4 members (excludes halogenated alkanes) is 4. The van der Waals surface area contributed by atoms with E-state index in [1.54, 1.807) is 12.1 Å². The number of carboxylic acid groups (broad SMARTS) is 3. The molecule has 2 atom stereocenters. The highest BCUT2D eigenvalue weighted by atomic mass is 32.2. The Balaban J connectivity index is 0.977. The van der Waals surface area contributed by atoms with Gasteiger partial charge in [0, 0.05) is 73.4 Å². The van der Waals surface area contributed by atoms with E-state index in [0.717, 1.165) is 91.1 Å². The Morgan fingerprint density at radius 1 is 0.709 bits per heavy atom. The Morgan fingerprint density at radius 2 is 1.41 bits per heavy atom. The molecule has 3 aromatic rings. The van der Waals surface area contributed by atoms with E-state index in [1.807, 2.05) is 30.3 Å². The van der Waals surface area contributed by atoms with Crippen molar-refractivity contribution in [2.75, 3.05) is 57.5 Å². The van der Waals surface area contributed by atoms with E-state index < -0.39 is 63.9 Å². The molecule has 2 aliphatic heterocycles. The second-order valence-electron chi connectivity index (χ2n) is 22.7. The van der Waals surface area contributed by atoms with Crippen molar-refractivity contribution in [3.8, 4) is 5.75 Å². The van der Waals surface area contributed by atoms with Crippen LogP contribution in [0.1, 0.15) is 136 Å². The second kappa shape index (κ2) is 32.2. The summed E-state index contributed by atoms with van der Waals surface area (Å²) < 4.78 is 55.2. The first-order chi connectivity index (χ1) is 41.0. The highest BCUT2D eigenvalue weighted by Crippen LogP contribution is 2.49. The Hall–Kier alpha value is -7.66. The van der Waals surface area contributed by atoms with Crippen LogP contribution >= 0.6 is 0 Å². The van der Waals surface area contributed by atoms with Crippen molar-refractivity contribution in [1.82, 2.24) is 21.3 Å². The molecule has 4 amide bonds. The number of carbonyl (C=O) groups excluding carboxylic acids is 3. The van der Waals surface area contributed by atoms with E-state index in [9.17, 15) is 52.0 Å². The van der Waals surface area contributed by atoms with Gasteiger partial charge in [0.05, 0.1) is 30.1 Å². The molecule has 2 heterocycles. The highest BCUT2D eigenvalue weighted by Gasteiger charge is 2.44. The van der Waals surface area contributed by atoms with Gasteiger partial charge in [-0.25, -0.2) is 14.4 Å². The van der Waals surface area contributed by atoms with E-state index in [2.05, 4.69) is 114 Å². The molecule has 3 aromatic carbocycles. The van der Waals surface area contributed by atoms with Gasteiger partial charge in [-0.15, -0.1) is 0 Å². The van der Waals surface area contributed by atoms with E-state index in [1.165, 1.54) is 23.0 Å². The fourth-order valence-corrected chi connectivity index (χ4v) is 11.4. The largest absolute Gasteiger partial charge is 0.481 e. The Morgan fingerprint density at radius 3 is 2.12 bits per heavy atom. The van der Waals surface area contributed by atoms with Gasteiger partial charge in [0.1, 0.15) is 36.7 Å². The number of carboxylic acids is 3. The van der Waals surface area contributed by atoms with Gasteiger partial charge in [-0.2, -0.15) is 13.0 Å². The normalized spacial score (nSPS) is 16.9. The van der Waals surface area contributed by atoms with Crippen molar-refractivity contribution < 1.29 is 75.8 Å². The number of ether oxygens (including phenoxy) is 3. The molecule has 1 aliphatic carbocycles.